The van der Waals surface area contributed by atoms with Gasteiger partial charge in [0, 0.05) is 33.0 Å². The van der Waals surface area contributed by atoms with Gasteiger partial charge in [-0.15, -0.1) is 0 Å². The average molecular weight is 273 g/mol. The van der Waals surface area contributed by atoms with E-state index in [4.69, 9.17) is 10.5 Å². The Balaban J connectivity index is 2.51. The summed E-state index contributed by atoms with van der Waals surface area (Å²) in [6.07, 6.45) is 3.02. The zero-order valence-electron chi connectivity index (χ0n) is 10.4. The minimum Gasteiger partial charge on any atom is -0.385 e. The first kappa shape index (κ1) is 15.0. The van der Waals surface area contributed by atoms with Crippen LogP contribution in [-0.2, 0) is 21.3 Å². The second kappa shape index (κ2) is 7.42. The predicted octanol–water partition coefficient (Wildman–Crippen LogP) is 0.245. The smallest absolute Gasteiger partial charge is 0.258 e. The summed E-state index contributed by atoms with van der Waals surface area (Å²) in [5, 5.41) is 0.0199. The highest BCUT2D eigenvalue weighted by atomic mass is 32.2. The summed E-state index contributed by atoms with van der Waals surface area (Å²) >= 11 is 0. The van der Waals surface area contributed by atoms with E-state index in [0.29, 0.717) is 19.7 Å². The van der Waals surface area contributed by atoms with Crippen molar-refractivity contribution in [3.05, 3.63) is 23.9 Å². The topological polar surface area (TPSA) is 94.3 Å². The molecule has 1 rings (SSSR count). The molecule has 0 aliphatic rings. The molecule has 7 heteroatoms. The van der Waals surface area contributed by atoms with Crippen LogP contribution in [0.15, 0.2) is 23.4 Å². The Kier molecular flexibility index (Phi) is 6.20. The van der Waals surface area contributed by atoms with E-state index in [2.05, 4.69) is 9.71 Å². The lowest BCUT2D eigenvalue weighted by Crippen LogP contribution is -2.25. The largest absolute Gasteiger partial charge is 0.385 e. The molecule has 0 saturated carbocycles. The normalized spacial score (nSPS) is 11.7. The molecule has 1 aromatic heterocycles. The Hall–Kier alpha value is -1.02. The molecule has 0 fully saturated rings. The lowest BCUT2D eigenvalue weighted by atomic mass is 10.3. The number of nitrogens with zero attached hydrogens (tertiary/aromatic N) is 1. The highest BCUT2D eigenvalue weighted by molar-refractivity contribution is 7.89. The third-order valence-electron chi connectivity index (χ3n) is 2.38. The van der Waals surface area contributed by atoms with Crippen LogP contribution in [0.2, 0.25) is 0 Å². The third kappa shape index (κ3) is 4.69. The fourth-order valence-electron chi connectivity index (χ4n) is 1.34. The lowest BCUT2D eigenvalue weighted by molar-refractivity contribution is 0.193. The molecule has 0 bridgehead atoms. The molecule has 3 N–H and O–H groups in total. The van der Waals surface area contributed by atoms with Gasteiger partial charge in [-0.1, -0.05) is 6.07 Å². The molecule has 0 saturated heterocycles. The van der Waals surface area contributed by atoms with Gasteiger partial charge in [-0.3, -0.25) is 0 Å². The van der Waals surface area contributed by atoms with Crippen LogP contribution >= 0.6 is 0 Å². The molecule has 0 spiro atoms. The lowest BCUT2D eigenvalue weighted by Gasteiger charge is -2.06. The molecule has 0 amide bonds. The number of rotatable bonds is 8. The molecule has 0 aromatic carbocycles. The van der Waals surface area contributed by atoms with E-state index in [0.717, 1.165) is 18.4 Å². The van der Waals surface area contributed by atoms with Gasteiger partial charge in [0.1, 0.15) is 0 Å². The Morgan fingerprint density at radius 2 is 2.17 bits per heavy atom. The van der Waals surface area contributed by atoms with E-state index in [1.165, 1.54) is 12.3 Å². The maximum Gasteiger partial charge on any atom is 0.258 e. The van der Waals surface area contributed by atoms with Gasteiger partial charge in [0.15, 0.2) is 5.03 Å². The minimum absolute atomic E-state index is 0.0199. The van der Waals surface area contributed by atoms with Crippen molar-refractivity contribution in [3.63, 3.8) is 0 Å². The van der Waals surface area contributed by atoms with Gasteiger partial charge in [0.25, 0.3) is 10.0 Å². The van der Waals surface area contributed by atoms with Crippen molar-refractivity contribution in [2.24, 2.45) is 5.73 Å². The SMILES string of the molecule is COCCCCNS(=O)(=O)c1ccc(CN)cn1. The van der Waals surface area contributed by atoms with Gasteiger partial charge >= 0.3 is 0 Å². The maximum absolute atomic E-state index is 11.8. The van der Waals surface area contributed by atoms with Crippen LogP contribution < -0.4 is 10.5 Å². The van der Waals surface area contributed by atoms with Crippen LogP contribution in [0.3, 0.4) is 0 Å². The van der Waals surface area contributed by atoms with E-state index >= 15 is 0 Å². The first-order chi connectivity index (χ1) is 8.60. The fraction of sp³-hybridized carbons (Fsp3) is 0.545. The number of aromatic nitrogens is 1. The number of nitrogens with two attached hydrogens (primary N) is 1. The molecule has 0 aliphatic carbocycles. The van der Waals surface area contributed by atoms with Gasteiger partial charge in [0.05, 0.1) is 0 Å². The van der Waals surface area contributed by atoms with Gasteiger partial charge in [0.2, 0.25) is 0 Å². The van der Waals surface area contributed by atoms with Crippen LogP contribution in [0.5, 0.6) is 0 Å². The highest BCUT2D eigenvalue weighted by Crippen LogP contribution is 2.06. The second-order valence-electron chi connectivity index (χ2n) is 3.81. The van der Waals surface area contributed by atoms with E-state index in [9.17, 15) is 8.42 Å². The number of sulfonamides is 1. The third-order valence-corrected chi connectivity index (χ3v) is 3.75. The van der Waals surface area contributed by atoms with Crippen molar-refractivity contribution in [1.29, 1.82) is 0 Å². The minimum atomic E-state index is -3.52. The van der Waals surface area contributed by atoms with Crippen LogP contribution in [0.25, 0.3) is 0 Å². The summed E-state index contributed by atoms with van der Waals surface area (Å²) in [5.74, 6) is 0. The van der Waals surface area contributed by atoms with E-state index < -0.39 is 10.0 Å². The average Bonchev–Trinajstić information content (AvgIpc) is 2.38. The molecule has 1 aromatic rings. The van der Waals surface area contributed by atoms with Crippen LogP contribution in [0.4, 0.5) is 0 Å². The number of hydrogen-bond acceptors (Lipinski definition) is 5. The monoisotopic (exact) mass is 273 g/mol. The Bertz CT molecular complexity index is 445. The highest BCUT2D eigenvalue weighted by Gasteiger charge is 2.14. The number of nitrogens with one attached hydrogen (secondary N) is 1. The van der Waals surface area contributed by atoms with Crippen LogP contribution in [-0.4, -0.2) is 33.7 Å². The number of ether oxygens (including phenoxy) is 1. The Labute approximate surface area is 108 Å². The van der Waals surface area contributed by atoms with Crippen molar-refractivity contribution in [2.45, 2.75) is 24.4 Å². The summed E-state index contributed by atoms with van der Waals surface area (Å²) in [7, 11) is -1.90. The first-order valence-corrected chi connectivity index (χ1v) is 7.22. The summed E-state index contributed by atoms with van der Waals surface area (Å²) < 4.78 is 31.0. The van der Waals surface area contributed by atoms with E-state index in [1.54, 1.807) is 13.2 Å². The number of pyridine rings is 1. The fourth-order valence-corrected chi connectivity index (χ4v) is 2.34. The molecule has 18 heavy (non-hydrogen) atoms. The van der Waals surface area contributed by atoms with Gasteiger partial charge in [-0.05, 0) is 24.5 Å². The summed E-state index contributed by atoms with van der Waals surface area (Å²) in [6.45, 7) is 1.36. The van der Waals surface area contributed by atoms with E-state index in [-0.39, 0.29) is 5.03 Å². The standard InChI is InChI=1S/C11H19N3O3S/c1-17-7-3-2-6-14-18(15,16)11-5-4-10(8-12)9-13-11/h4-5,9,14H,2-3,6-8,12H2,1H3. The van der Waals surface area contributed by atoms with Crippen molar-refractivity contribution < 1.29 is 13.2 Å². The van der Waals surface area contributed by atoms with Crippen molar-refractivity contribution in [2.75, 3.05) is 20.3 Å². The van der Waals surface area contributed by atoms with E-state index in [1.807, 2.05) is 0 Å². The van der Waals surface area contributed by atoms with Crippen molar-refractivity contribution in [1.82, 2.24) is 9.71 Å². The summed E-state index contributed by atoms with van der Waals surface area (Å²) in [6, 6.07) is 3.12. The van der Waals surface area contributed by atoms with Gasteiger partial charge < -0.3 is 10.5 Å². The first-order valence-electron chi connectivity index (χ1n) is 5.74. The quantitative estimate of drug-likeness (QED) is 0.662. The zero-order valence-corrected chi connectivity index (χ0v) is 11.2. The molecular weight excluding hydrogens is 254 g/mol. The molecule has 102 valence electrons. The Morgan fingerprint density at radius 1 is 1.39 bits per heavy atom. The Morgan fingerprint density at radius 3 is 2.72 bits per heavy atom. The van der Waals surface area contributed by atoms with Crippen LogP contribution in [0.1, 0.15) is 18.4 Å². The molecule has 0 radical (unpaired) electrons. The second-order valence-corrected chi connectivity index (χ2v) is 5.52. The molecule has 0 unspecified atom stereocenters. The van der Waals surface area contributed by atoms with Gasteiger partial charge in [-0.25, -0.2) is 18.1 Å². The zero-order chi connectivity index (χ0) is 13.4. The number of unbranched alkanes of at least 4 members (excludes halogenated alkanes) is 1. The summed E-state index contributed by atoms with van der Waals surface area (Å²) in [4.78, 5) is 3.88. The summed E-state index contributed by atoms with van der Waals surface area (Å²) in [5.41, 5.74) is 6.22. The predicted molar refractivity (Wildman–Crippen MR) is 68.4 cm³/mol. The number of hydrogen-bond donors (Lipinski definition) is 2. The van der Waals surface area contributed by atoms with Crippen molar-refractivity contribution >= 4 is 10.0 Å². The molecule has 0 atom stereocenters. The molecular formula is C11H19N3O3S. The molecule has 0 aliphatic heterocycles. The van der Waals surface area contributed by atoms with Gasteiger partial charge in [-0.2, -0.15) is 0 Å². The molecule has 6 nitrogen and oxygen atoms in total. The number of methoxy groups -OCH3 is 1. The van der Waals surface area contributed by atoms with Crippen molar-refractivity contribution in [3.8, 4) is 0 Å². The van der Waals surface area contributed by atoms with Crippen LogP contribution in [0, 0.1) is 0 Å². The maximum atomic E-state index is 11.8. The molecule has 1 heterocycles.